The predicted octanol–water partition coefficient (Wildman–Crippen LogP) is 0.143. The van der Waals surface area contributed by atoms with Gasteiger partial charge in [0.15, 0.2) is 5.75 Å². The first-order chi connectivity index (χ1) is 9.27. The maximum Gasteiger partial charge on any atom is 0.317 e. The SMILES string of the molecule is CC(C)n1c(CO)cc(=O)c(O)c1CN(C)CC(=O)O. The summed E-state index contributed by atoms with van der Waals surface area (Å²) in [6.07, 6.45) is 0. The molecule has 3 N–H and O–H groups in total. The lowest BCUT2D eigenvalue weighted by Gasteiger charge is -2.24. The van der Waals surface area contributed by atoms with Crippen molar-refractivity contribution < 1.29 is 20.1 Å². The van der Waals surface area contributed by atoms with Gasteiger partial charge < -0.3 is 19.9 Å². The number of hydrogen-bond donors (Lipinski definition) is 3. The number of pyridine rings is 1. The highest BCUT2D eigenvalue weighted by Gasteiger charge is 2.18. The molecule has 0 saturated carbocycles. The number of aliphatic hydroxyl groups excluding tert-OH is 1. The fraction of sp³-hybridized carbons (Fsp3) is 0.538. The van der Waals surface area contributed by atoms with E-state index in [0.717, 1.165) is 0 Å². The molecule has 0 aliphatic heterocycles. The van der Waals surface area contributed by atoms with Gasteiger partial charge in [0.05, 0.1) is 18.8 Å². The number of carboxylic acids is 1. The van der Waals surface area contributed by atoms with Crippen LogP contribution in [0.5, 0.6) is 5.75 Å². The van der Waals surface area contributed by atoms with E-state index in [2.05, 4.69) is 0 Å². The first-order valence-corrected chi connectivity index (χ1v) is 6.25. The third-order valence-corrected chi connectivity index (χ3v) is 2.91. The summed E-state index contributed by atoms with van der Waals surface area (Å²) in [6.45, 7) is 3.26. The average Bonchev–Trinajstić information content (AvgIpc) is 2.32. The maximum atomic E-state index is 11.7. The molecule has 1 heterocycles. The van der Waals surface area contributed by atoms with Crippen molar-refractivity contribution in [1.82, 2.24) is 9.47 Å². The average molecular weight is 284 g/mol. The Morgan fingerprint density at radius 3 is 2.50 bits per heavy atom. The van der Waals surface area contributed by atoms with Crippen molar-refractivity contribution in [3.05, 3.63) is 27.7 Å². The number of aromatic hydroxyl groups is 1. The van der Waals surface area contributed by atoms with Crippen LogP contribution in [0.15, 0.2) is 10.9 Å². The van der Waals surface area contributed by atoms with Crippen LogP contribution < -0.4 is 5.43 Å². The van der Waals surface area contributed by atoms with Crippen molar-refractivity contribution in [2.45, 2.75) is 33.0 Å². The lowest BCUT2D eigenvalue weighted by Crippen LogP contribution is -2.29. The summed E-state index contributed by atoms with van der Waals surface area (Å²) < 4.78 is 1.65. The van der Waals surface area contributed by atoms with Crippen LogP contribution in [0.4, 0.5) is 0 Å². The minimum Gasteiger partial charge on any atom is -0.503 e. The molecule has 1 aromatic heterocycles. The van der Waals surface area contributed by atoms with Crippen molar-refractivity contribution in [2.75, 3.05) is 13.6 Å². The Morgan fingerprint density at radius 1 is 1.45 bits per heavy atom. The molecule has 0 unspecified atom stereocenters. The summed E-state index contributed by atoms with van der Waals surface area (Å²) in [5, 5.41) is 28.0. The normalized spacial score (nSPS) is 11.3. The minimum absolute atomic E-state index is 0.0862. The predicted molar refractivity (Wildman–Crippen MR) is 72.6 cm³/mol. The van der Waals surface area contributed by atoms with Crippen molar-refractivity contribution in [3.8, 4) is 5.75 Å². The van der Waals surface area contributed by atoms with E-state index in [-0.39, 0.29) is 25.7 Å². The molecular formula is C13H20N2O5. The molecule has 7 nitrogen and oxygen atoms in total. The highest BCUT2D eigenvalue weighted by atomic mass is 16.4. The number of likely N-dealkylation sites (N-methyl/N-ethyl adjacent to an activating group) is 1. The molecule has 7 heteroatoms. The highest BCUT2D eigenvalue weighted by molar-refractivity contribution is 5.69. The molecule has 0 amide bonds. The largest absolute Gasteiger partial charge is 0.503 e. The number of aliphatic carboxylic acids is 1. The number of nitrogens with zero attached hydrogens (tertiary/aromatic N) is 2. The van der Waals surface area contributed by atoms with Crippen LogP contribution in [-0.4, -0.2) is 44.3 Å². The summed E-state index contributed by atoms with van der Waals surface area (Å²) in [4.78, 5) is 23.8. The minimum atomic E-state index is -0.997. The molecule has 0 spiro atoms. The number of hydrogen-bond acceptors (Lipinski definition) is 5. The molecule has 0 radical (unpaired) electrons. The van der Waals surface area contributed by atoms with Gasteiger partial charge in [0.1, 0.15) is 0 Å². The van der Waals surface area contributed by atoms with Crippen LogP contribution in [0, 0.1) is 0 Å². The van der Waals surface area contributed by atoms with Crippen molar-refractivity contribution >= 4 is 5.97 Å². The van der Waals surface area contributed by atoms with Gasteiger partial charge in [0.25, 0.3) is 0 Å². The van der Waals surface area contributed by atoms with Gasteiger partial charge in [-0.15, -0.1) is 0 Å². The van der Waals surface area contributed by atoms with E-state index < -0.39 is 17.1 Å². The molecule has 20 heavy (non-hydrogen) atoms. The summed E-state index contributed by atoms with van der Waals surface area (Å²) in [7, 11) is 1.58. The molecule has 112 valence electrons. The quantitative estimate of drug-likeness (QED) is 0.687. The van der Waals surface area contributed by atoms with Crippen molar-refractivity contribution in [2.24, 2.45) is 0 Å². The molecule has 0 aromatic carbocycles. The first kappa shape index (κ1) is 16.2. The molecule has 0 bridgehead atoms. The lowest BCUT2D eigenvalue weighted by atomic mass is 10.2. The number of rotatable bonds is 6. The van der Waals surface area contributed by atoms with E-state index >= 15 is 0 Å². The van der Waals surface area contributed by atoms with Crippen molar-refractivity contribution in [1.29, 1.82) is 0 Å². The number of aromatic nitrogens is 1. The molecule has 0 aliphatic carbocycles. The fourth-order valence-corrected chi connectivity index (χ4v) is 2.18. The first-order valence-electron chi connectivity index (χ1n) is 6.25. The van der Waals surface area contributed by atoms with Crippen LogP contribution in [0.3, 0.4) is 0 Å². The Labute approximate surface area is 116 Å². The Bertz CT molecular complexity index is 550. The summed E-state index contributed by atoms with van der Waals surface area (Å²) >= 11 is 0. The Hall–Kier alpha value is -1.86. The molecular weight excluding hydrogens is 264 g/mol. The van der Waals surface area contributed by atoms with Crippen LogP contribution in [0.2, 0.25) is 0 Å². The molecule has 0 aliphatic rings. The Kier molecular flexibility index (Phi) is 5.29. The number of carboxylic acid groups (broad SMARTS) is 1. The van der Waals surface area contributed by atoms with Gasteiger partial charge in [0, 0.05) is 24.3 Å². The maximum absolute atomic E-state index is 11.7. The fourth-order valence-electron chi connectivity index (χ4n) is 2.18. The van der Waals surface area contributed by atoms with Crippen LogP contribution in [0.1, 0.15) is 31.3 Å². The zero-order chi connectivity index (χ0) is 15.4. The molecule has 0 fully saturated rings. The van der Waals surface area contributed by atoms with E-state index in [0.29, 0.717) is 11.4 Å². The smallest absolute Gasteiger partial charge is 0.317 e. The van der Waals surface area contributed by atoms with Crippen molar-refractivity contribution in [3.63, 3.8) is 0 Å². The third-order valence-electron chi connectivity index (χ3n) is 2.91. The van der Waals surface area contributed by atoms with Gasteiger partial charge >= 0.3 is 5.97 Å². The van der Waals surface area contributed by atoms with E-state index in [4.69, 9.17) is 5.11 Å². The zero-order valence-electron chi connectivity index (χ0n) is 11.8. The van der Waals surface area contributed by atoms with Gasteiger partial charge in [-0.25, -0.2) is 0 Å². The molecule has 1 rings (SSSR count). The zero-order valence-corrected chi connectivity index (χ0v) is 11.8. The summed E-state index contributed by atoms with van der Waals surface area (Å²) in [5.41, 5.74) is 0.117. The standard InChI is InChI=1S/C13H20N2O5/c1-8(2)15-9(7-16)4-11(17)13(20)10(15)5-14(3)6-12(18)19/h4,8,16,20H,5-7H2,1-3H3,(H,18,19). The van der Waals surface area contributed by atoms with Crippen LogP contribution in [0.25, 0.3) is 0 Å². The molecule has 1 aromatic rings. The molecule has 0 saturated heterocycles. The second-order valence-corrected chi connectivity index (χ2v) is 4.98. The second kappa shape index (κ2) is 6.53. The van der Waals surface area contributed by atoms with Gasteiger partial charge in [-0.3, -0.25) is 14.5 Å². The summed E-state index contributed by atoms with van der Waals surface area (Å²) in [6, 6.07) is 1.10. The van der Waals surface area contributed by atoms with Gasteiger partial charge in [-0.2, -0.15) is 0 Å². The van der Waals surface area contributed by atoms with E-state index in [9.17, 15) is 19.8 Å². The number of carbonyl (C=O) groups is 1. The highest BCUT2D eigenvalue weighted by Crippen LogP contribution is 2.21. The molecule has 0 atom stereocenters. The van der Waals surface area contributed by atoms with E-state index in [1.54, 1.807) is 11.6 Å². The number of aliphatic hydroxyl groups is 1. The topological polar surface area (TPSA) is 103 Å². The van der Waals surface area contributed by atoms with Crippen LogP contribution in [-0.2, 0) is 17.9 Å². The van der Waals surface area contributed by atoms with E-state index in [1.807, 2.05) is 13.8 Å². The third kappa shape index (κ3) is 3.58. The van der Waals surface area contributed by atoms with Crippen LogP contribution >= 0.6 is 0 Å². The second-order valence-electron chi connectivity index (χ2n) is 4.98. The lowest BCUT2D eigenvalue weighted by molar-refractivity contribution is -0.138. The van der Waals surface area contributed by atoms with Gasteiger partial charge in [-0.1, -0.05) is 0 Å². The summed E-state index contributed by atoms with van der Waals surface area (Å²) in [5.74, 6) is -1.41. The Balaban J connectivity index is 3.31. The Morgan fingerprint density at radius 2 is 2.05 bits per heavy atom. The van der Waals surface area contributed by atoms with Gasteiger partial charge in [-0.05, 0) is 20.9 Å². The monoisotopic (exact) mass is 284 g/mol. The van der Waals surface area contributed by atoms with E-state index in [1.165, 1.54) is 11.0 Å². The van der Waals surface area contributed by atoms with Gasteiger partial charge in [0.2, 0.25) is 5.43 Å².